The number of thiazole rings is 1. The first-order valence-electron chi connectivity index (χ1n) is 10.8. The standard InChI is InChI=1S/C24H22F3N3O3S/c25-16-10-18(26)22(19(27)11-16)30-24(33)29-17-7-5-14(6-8-17)20-12-28-23(34-20)15-3-1-13(2-4-15)9-21(31)32/h5-8,10-13,15H,1-4,9H2,(H,31,32)(H2,29,30,33). The number of benzene rings is 2. The normalized spacial score (nSPS) is 17.9. The molecule has 3 N–H and O–H groups in total. The number of halogens is 3. The van der Waals surface area contributed by atoms with E-state index >= 15 is 0 Å². The van der Waals surface area contributed by atoms with Gasteiger partial charge in [-0.2, -0.15) is 0 Å². The van der Waals surface area contributed by atoms with Crippen LogP contribution in [-0.2, 0) is 4.79 Å². The van der Waals surface area contributed by atoms with Crippen LogP contribution in [0.4, 0.5) is 29.3 Å². The number of amides is 2. The van der Waals surface area contributed by atoms with E-state index in [0.29, 0.717) is 23.7 Å². The molecule has 0 atom stereocenters. The summed E-state index contributed by atoms with van der Waals surface area (Å²) in [6.45, 7) is 0. The Kier molecular flexibility index (Phi) is 7.16. The lowest BCUT2D eigenvalue weighted by atomic mass is 9.81. The largest absolute Gasteiger partial charge is 0.481 e. The second-order valence-electron chi connectivity index (χ2n) is 8.28. The molecule has 0 bridgehead atoms. The number of anilines is 2. The van der Waals surface area contributed by atoms with Crippen LogP contribution in [0.15, 0.2) is 42.6 Å². The van der Waals surface area contributed by atoms with E-state index in [4.69, 9.17) is 5.11 Å². The number of nitrogens with one attached hydrogen (secondary N) is 2. The number of hydrogen-bond acceptors (Lipinski definition) is 4. The number of carbonyl (C=O) groups excluding carboxylic acids is 1. The maximum absolute atomic E-state index is 13.7. The van der Waals surface area contributed by atoms with Crippen LogP contribution >= 0.6 is 11.3 Å². The van der Waals surface area contributed by atoms with E-state index in [1.54, 1.807) is 41.8 Å². The quantitative estimate of drug-likeness (QED) is 0.363. The molecular formula is C24H22F3N3O3S. The van der Waals surface area contributed by atoms with Crippen LogP contribution in [-0.4, -0.2) is 22.1 Å². The molecule has 0 radical (unpaired) electrons. The summed E-state index contributed by atoms with van der Waals surface area (Å²) in [7, 11) is 0. The summed E-state index contributed by atoms with van der Waals surface area (Å²) in [5, 5.41) is 14.5. The van der Waals surface area contributed by atoms with Crippen LogP contribution in [0.5, 0.6) is 0 Å². The summed E-state index contributed by atoms with van der Waals surface area (Å²) < 4.78 is 40.4. The average molecular weight is 490 g/mol. The number of nitrogens with zero attached hydrogens (tertiary/aromatic N) is 1. The number of urea groups is 1. The monoisotopic (exact) mass is 489 g/mol. The smallest absolute Gasteiger partial charge is 0.323 e. The highest BCUT2D eigenvalue weighted by atomic mass is 32.1. The zero-order chi connectivity index (χ0) is 24.2. The number of carboxylic acid groups (broad SMARTS) is 1. The van der Waals surface area contributed by atoms with Gasteiger partial charge in [-0.25, -0.2) is 22.9 Å². The Morgan fingerprint density at radius 3 is 2.26 bits per heavy atom. The summed E-state index contributed by atoms with van der Waals surface area (Å²) in [6, 6.07) is 7.02. The molecule has 0 spiro atoms. The molecule has 1 aromatic heterocycles. The van der Waals surface area contributed by atoms with Crippen molar-refractivity contribution in [1.82, 2.24) is 4.98 Å². The van der Waals surface area contributed by atoms with Crippen molar-refractivity contribution < 1.29 is 27.9 Å². The van der Waals surface area contributed by atoms with Crippen molar-refractivity contribution >= 4 is 34.7 Å². The third-order valence-corrected chi connectivity index (χ3v) is 7.06. The first-order chi connectivity index (χ1) is 16.3. The minimum Gasteiger partial charge on any atom is -0.481 e. The topological polar surface area (TPSA) is 91.3 Å². The maximum Gasteiger partial charge on any atom is 0.323 e. The molecule has 6 nitrogen and oxygen atoms in total. The fourth-order valence-corrected chi connectivity index (χ4v) is 5.22. The first-order valence-corrected chi connectivity index (χ1v) is 11.6. The molecule has 1 heterocycles. The Balaban J connectivity index is 1.35. The predicted octanol–water partition coefficient (Wildman–Crippen LogP) is 6.62. The molecule has 1 fully saturated rings. The molecule has 1 aliphatic carbocycles. The van der Waals surface area contributed by atoms with Gasteiger partial charge in [0.05, 0.1) is 9.88 Å². The van der Waals surface area contributed by atoms with Gasteiger partial charge in [-0.05, 0) is 49.3 Å². The summed E-state index contributed by atoms with van der Waals surface area (Å²) >= 11 is 1.59. The second kappa shape index (κ2) is 10.3. The van der Waals surface area contributed by atoms with Gasteiger partial charge in [-0.1, -0.05) is 12.1 Å². The van der Waals surface area contributed by atoms with E-state index in [2.05, 4.69) is 10.3 Å². The molecule has 34 heavy (non-hydrogen) atoms. The summed E-state index contributed by atoms with van der Waals surface area (Å²) in [4.78, 5) is 28.5. The number of aliphatic carboxylic acids is 1. The summed E-state index contributed by atoms with van der Waals surface area (Å²) in [5.41, 5.74) is 0.584. The zero-order valence-corrected chi connectivity index (χ0v) is 18.8. The van der Waals surface area contributed by atoms with Crippen molar-refractivity contribution in [3.05, 3.63) is 65.1 Å². The fourth-order valence-electron chi connectivity index (χ4n) is 4.13. The molecule has 4 rings (SSSR count). The third-order valence-electron chi connectivity index (χ3n) is 5.86. The third kappa shape index (κ3) is 5.74. The molecule has 2 amide bonds. The Morgan fingerprint density at radius 2 is 1.65 bits per heavy atom. The molecule has 2 aromatic carbocycles. The minimum atomic E-state index is -1.21. The van der Waals surface area contributed by atoms with Crippen molar-refractivity contribution in [3.63, 3.8) is 0 Å². The first kappa shape index (κ1) is 23.7. The van der Waals surface area contributed by atoms with Gasteiger partial charge in [0.15, 0.2) is 11.6 Å². The van der Waals surface area contributed by atoms with Crippen LogP contribution < -0.4 is 10.6 Å². The lowest BCUT2D eigenvalue weighted by Crippen LogP contribution is -2.21. The summed E-state index contributed by atoms with van der Waals surface area (Å²) in [6.07, 6.45) is 5.66. The fraction of sp³-hybridized carbons (Fsp3) is 0.292. The molecule has 3 aromatic rings. The van der Waals surface area contributed by atoms with Gasteiger partial charge in [-0.3, -0.25) is 4.79 Å². The van der Waals surface area contributed by atoms with E-state index in [-0.39, 0.29) is 12.3 Å². The van der Waals surface area contributed by atoms with E-state index in [1.165, 1.54) is 0 Å². The Bertz CT molecular complexity index is 1170. The molecular weight excluding hydrogens is 467 g/mol. The van der Waals surface area contributed by atoms with Crippen LogP contribution in [0.25, 0.3) is 10.4 Å². The van der Waals surface area contributed by atoms with Crippen LogP contribution in [0.1, 0.15) is 43.0 Å². The molecule has 178 valence electrons. The van der Waals surface area contributed by atoms with Crippen molar-refractivity contribution in [2.75, 3.05) is 10.6 Å². The highest BCUT2D eigenvalue weighted by molar-refractivity contribution is 7.15. The predicted molar refractivity (Wildman–Crippen MR) is 123 cm³/mol. The van der Waals surface area contributed by atoms with Gasteiger partial charge < -0.3 is 15.7 Å². The highest BCUT2D eigenvalue weighted by Gasteiger charge is 2.26. The molecule has 1 aliphatic rings. The molecule has 0 saturated heterocycles. The van der Waals surface area contributed by atoms with E-state index < -0.39 is 35.1 Å². The van der Waals surface area contributed by atoms with Crippen molar-refractivity contribution in [3.8, 4) is 10.4 Å². The molecule has 1 saturated carbocycles. The SMILES string of the molecule is O=C(O)CC1CCC(c2ncc(-c3ccc(NC(=O)Nc4c(F)cc(F)cc4F)cc3)s2)CC1. The zero-order valence-electron chi connectivity index (χ0n) is 18.0. The second-order valence-corrected chi connectivity index (χ2v) is 9.34. The van der Waals surface area contributed by atoms with Gasteiger partial charge in [-0.15, -0.1) is 11.3 Å². The lowest BCUT2D eigenvalue weighted by molar-refractivity contribution is -0.138. The van der Waals surface area contributed by atoms with E-state index in [1.807, 2.05) is 5.32 Å². The van der Waals surface area contributed by atoms with Crippen LogP contribution in [0.3, 0.4) is 0 Å². The van der Waals surface area contributed by atoms with Gasteiger partial charge in [0, 0.05) is 36.4 Å². The van der Waals surface area contributed by atoms with Gasteiger partial charge in [0.2, 0.25) is 0 Å². The summed E-state index contributed by atoms with van der Waals surface area (Å²) in [5.74, 6) is -3.67. The van der Waals surface area contributed by atoms with E-state index in [9.17, 15) is 22.8 Å². The van der Waals surface area contributed by atoms with Crippen molar-refractivity contribution in [1.29, 1.82) is 0 Å². The minimum absolute atomic E-state index is 0.224. The maximum atomic E-state index is 13.7. The van der Waals surface area contributed by atoms with Crippen LogP contribution in [0.2, 0.25) is 0 Å². The van der Waals surface area contributed by atoms with Gasteiger partial charge in [0.25, 0.3) is 0 Å². The highest BCUT2D eigenvalue weighted by Crippen LogP contribution is 2.40. The number of aromatic nitrogens is 1. The molecule has 0 unspecified atom stereocenters. The Labute approximate surface area is 197 Å². The number of hydrogen-bond donors (Lipinski definition) is 3. The average Bonchev–Trinajstić information content (AvgIpc) is 3.27. The van der Waals surface area contributed by atoms with Gasteiger partial charge >= 0.3 is 12.0 Å². The van der Waals surface area contributed by atoms with Crippen molar-refractivity contribution in [2.24, 2.45) is 5.92 Å². The van der Waals surface area contributed by atoms with Crippen molar-refractivity contribution in [2.45, 2.75) is 38.0 Å². The number of carboxylic acids is 1. The van der Waals surface area contributed by atoms with Gasteiger partial charge in [0.1, 0.15) is 11.5 Å². The van der Waals surface area contributed by atoms with Crippen LogP contribution in [0, 0.1) is 23.4 Å². The van der Waals surface area contributed by atoms with E-state index in [0.717, 1.165) is 41.1 Å². The number of rotatable bonds is 6. The Morgan fingerprint density at radius 1 is 1.00 bits per heavy atom. The lowest BCUT2D eigenvalue weighted by Gasteiger charge is -2.26. The number of carbonyl (C=O) groups is 2. The molecule has 10 heteroatoms. The molecule has 0 aliphatic heterocycles. The Hall–Kier alpha value is -3.40.